The summed E-state index contributed by atoms with van der Waals surface area (Å²) in [6.45, 7) is 2.17. The molecule has 212 valence electrons. The van der Waals surface area contributed by atoms with Crippen molar-refractivity contribution >= 4 is 45.9 Å². The zero-order chi connectivity index (χ0) is 28.1. The number of esters is 1. The second-order valence-corrected chi connectivity index (χ2v) is 11.9. The van der Waals surface area contributed by atoms with Gasteiger partial charge in [0.05, 0.1) is 24.5 Å². The molecule has 0 aliphatic heterocycles. The lowest BCUT2D eigenvalue weighted by Crippen LogP contribution is -2.26. The molecule has 9 nitrogen and oxygen atoms in total. The summed E-state index contributed by atoms with van der Waals surface area (Å²) in [5.41, 5.74) is 1.71. The summed E-state index contributed by atoms with van der Waals surface area (Å²) in [4.78, 5) is 39.4. The van der Waals surface area contributed by atoms with Gasteiger partial charge in [-0.2, -0.15) is 0 Å². The third-order valence-electron chi connectivity index (χ3n) is 7.16. The Kier molecular flexibility index (Phi) is 9.15. The molecule has 2 aliphatic rings. The molecule has 0 atom stereocenters. The van der Waals surface area contributed by atoms with Crippen LogP contribution in [0.15, 0.2) is 29.4 Å². The topological polar surface area (TPSA) is 115 Å². The number of aryl methyl sites for hydroxylation is 1. The van der Waals surface area contributed by atoms with Crippen LogP contribution in [0.5, 0.6) is 0 Å². The van der Waals surface area contributed by atoms with Gasteiger partial charge in [0.15, 0.2) is 11.0 Å². The van der Waals surface area contributed by atoms with Gasteiger partial charge in [0.25, 0.3) is 5.91 Å². The monoisotopic (exact) mass is 585 g/mol. The number of ether oxygens (including phenoxy) is 1. The Balaban J connectivity index is 1.28. The van der Waals surface area contributed by atoms with Crippen LogP contribution in [0, 0.1) is 5.82 Å². The number of amides is 2. The number of benzene rings is 1. The van der Waals surface area contributed by atoms with Crippen LogP contribution in [0.1, 0.15) is 88.5 Å². The van der Waals surface area contributed by atoms with Gasteiger partial charge in [-0.05, 0) is 62.8 Å². The molecule has 2 amide bonds. The summed E-state index contributed by atoms with van der Waals surface area (Å²) >= 11 is 2.73. The maximum Gasteiger partial charge on any atom is 0.341 e. The smallest absolute Gasteiger partial charge is 0.341 e. The van der Waals surface area contributed by atoms with Gasteiger partial charge in [0, 0.05) is 16.5 Å². The number of fused-ring (bicyclic) bond motifs is 1. The van der Waals surface area contributed by atoms with Gasteiger partial charge in [0.1, 0.15) is 10.8 Å². The fraction of sp³-hybridized carbons (Fsp3) is 0.464. The van der Waals surface area contributed by atoms with E-state index in [0.29, 0.717) is 21.5 Å². The molecule has 1 aromatic carbocycles. The largest absolute Gasteiger partial charge is 0.462 e. The first-order valence-corrected chi connectivity index (χ1v) is 15.5. The molecule has 40 heavy (non-hydrogen) atoms. The van der Waals surface area contributed by atoms with E-state index in [-0.39, 0.29) is 36.4 Å². The number of thiophene rings is 1. The summed E-state index contributed by atoms with van der Waals surface area (Å²) in [7, 11) is 0. The van der Waals surface area contributed by atoms with Crippen molar-refractivity contribution < 1.29 is 23.5 Å². The van der Waals surface area contributed by atoms with E-state index < -0.39 is 17.7 Å². The molecule has 5 rings (SSSR count). The maximum atomic E-state index is 13.6. The maximum absolute atomic E-state index is 13.6. The minimum absolute atomic E-state index is 0.0886. The summed E-state index contributed by atoms with van der Waals surface area (Å²) < 4.78 is 20.9. The van der Waals surface area contributed by atoms with E-state index in [4.69, 9.17) is 4.74 Å². The minimum atomic E-state index is -0.475. The van der Waals surface area contributed by atoms with Gasteiger partial charge in [-0.1, -0.05) is 37.1 Å². The Hall–Kier alpha value is -3.25. The fourth-order valence-electron chi connectivity index (χ4n) is 5.33. The molecule has 2 N–H and O–H groups in total. The number of nitrogens with zero attached hydrogens (tertiary/aromatic N) is 3. The van der Waals surface area contributed by atoms with Crippen LogP contribution in [-0.2, 0) is 28.9 Å². The first-order valence-electron chi connectivity index (χ1n) is 13.7. The highest BCUT2D eigenvalue weighted by Gasteiger charge is 2.29. The molecule has 2 aliphatic carbocycles. The Labute approximate surface area is 240 Å². The molecule has 0 unspecified atom stereocenters. The lowest BCUT2D eigenvalue weighted by molar-refractivity contribution is -0.113. The second-order valence-electron chi connectivity index (χ2n) is 9.87. The Morgan fingerprint density at radius 2 is 1.98 bits per heavy atom. The van der Waals surface area contributed by atoms with Crippen molar-refractivity contribution in [3.05, 3.63) is 57.5 Å². The predicted octanol–water partition coefficient (Wildman–Crippen LogP) is 5.31. The Bertz CT molecular complexity index is 1400. The van der Waals surface area contributed by atoms with Crippen LogP contribution < -0.4 is 10.6 Å². The normalized spacial score (nSPS) is 15.1. The van der Waals surface area contributed by atoms with Gasteiger partial charge in [0.2, 0.25) is 5.91 Å². The highest BCUT2D eigenvalue weighted by atomic mass is 32.2. The van der Waals surface area contributed by atoms with Crippen LogP contribution in [0.2, 0.25) is 0 Å². The van der Waals surface area contributed by atoms with Crippen LogP contribution in [-0.4, -0.2) is 44.9 Å². The number of hydrogen-bond acceptors (Lipinski definition) is 8. The minimum Gasteiger partial charge on any atom is -0.462 e. The van der Waals surface area contributed by atoms with Crippen molar-refractivity contribution in [2.75, 3.05) is 17.7 Å². The van der Waals surface area contributed by atoms with Gasteiger partial charge in [-0.25, -0.2) is 9.18 Å². The van der Waals surface area contributed by atoms with Gasteiger partial charge >= 0.3 is 5.97 Å². The van der Waals surface area contributed by atoms with Crippen molar-refractivity contribution in [3.8, 4) is 0 Å². The third-order valence-corrected chi connectivity index (χ3v) is 9.31. The Morgan fingerprint density at radius 3 is 2.75 bits per heavy atom. The lowest BCUT2D eigenvalue weighted by Gasteiger charge is -2.25. The molecule has 1 fully saturated rings. The Morgan fingerprint density at radius 1 is 1.15 bits per heavy atom. The summed E-state index contributed by atoms with van der Waals surface area (Å²) in [6.07, 6.45) is 7.99. The first-order chi connectivity index (χ1) is 19.4. The number of nitrogens with one attached hydrogen (secondary N) is 2. The van der Waals surface area contributed by atoms with Crippen LogP contribution in [0.25, 0.3) is 0 Å². The molecule has 1 saturated carbocycles. The van der Waals surface area contributed by atoms with Crippen LogP contribution in [0.3, 0.4) is 0 Å². The number of anilines is 1. The molecular formula is C28H32FN5O4S2. The average Bonchev–Trinajstić information content (AvgIpc) is 3.65. The number of carbonyl (C=O) groups excluding carboxylic acids is 3. The van der Waals surface area contributed by atoms with Crippen molar-refractivity contribution in [1.29, 1.82) is 0 Å². The van der Waals surface area contributed by atoms with E-state index >= 15 is 0 Å². The first kappa shape index (κ1) is 28.3. The zero-order valence-corrected chi connectivity index (χ0v) is 24.0. The SMILES string of the molecule is CCOC(=O)c1c(NC(=O)CSc2nnc(CNC(=O)c3cccc(F)c3)n2C2CCCCC2)sc2c1CCC2. The van der Waals surface area contributed by atoms with Gasteiger partial charge < -0.3 is 19.9 Å². The molecule has 0 bridgehead atoms. The van der Waals surface area contributed by atoms with E-state index in [2.05, 4.69) is 20.8 Å². The van der Waals surface area contributed by atoms with Gasteiger partial charge in [-0.3, -0.25) is 9.59 Å². The fourth-order valence-corrected chi connectivity index (χ4v) is 7.45. The van der Waals surface area contributed by atoms with E-state index in [1.54, 1.807) is 13.0 Å². The van der Waals surface area contributed by atoms with Gasteiger partial charge in [-0.15, -0.1) is 21.5 Å². The molecule has 2 aromatic heterocycles. The molecule has 0 spiro atoms. The highest BCUT2D eigenvalue weighted by Crippen LogP contribution is 2.40. The highest BCUT2D eigenvalue weighted by molar-refractivity contribution is 7.99. The molecule has 0 saturated heterocycles. The molecular weight excluding hydrogens is 553 g/mol. The van der Waals surface area contributed by atoms with Crippen LogP contribution in [0.4, 0.5) is 9.39 Å². The standard InChI is InChI=1S/C28H32FN5O4S2/c1-2-38-27(37)24-20-12-7-13-21(20)40-26(24)31-23(35)16-39-28-33-32-22(34(28)19-10-4-3-5-11-19)15-30-25(36)17-8-6-9-18(29)14-17/h6,8-9,14,19H,2-5,7,10-13,15-16H2,1H3,(H,30,36)(H,31,35). The zero-order valence-electron chi connectivity index (χ0n) is 22.3. The van der Waals surface area contributed by atoms with Crippen molar-refractivity contribution in [2.24, 2.45) is 0 Å². The van der Waals surface area contributed by atoms with E-state index in [1.807, 2.05) is 4.57 Å². The van der Waals surface area contributed by atoms with Crippen molar-refractivity contribution in [2.45, 2.75) is 76.0 Å². The number of halogens is 1. The third kappa shape index (κ3) is 6.38. The molecule has 2 heterocycles. The van der Waals surface area contributed by atoms with Crippen LogP contribution >= 0.6 is 23.1 Å². The summed E-state index contributed by atoms with van der Waals surface area (Å²) in [6, 6.07) is 5.70. The quantitative estimate of drug-likeness (QED) is 0.245. The van der Waals surface area contributed by atoms with Crippen molar-refractivity contribution in [3.63, 3.8) is 0 Å². The summed E-state index contributed by atoms with van der Waals surface area (Å²) in [5, 5.41) is 15.6. The number of carbonyl (C=O) groups is 3. The molecule has 12 heteroatoms. The lowest BCUT2D eigenvalue weighted by atomic mass is 9.95. The average molecular weight is 586 g/mol. The second kappa shape index (κ2) is 12.9. The van der Waals surface area contributed by atoms with E-state index in [0.717, 1.165) is 55.4 Å². The number of rotatable bonds is 10. The number of aromatic nitrogens is 3. The van der Waals surface area contributed by atoms with E-state index in [9.17, 15) is 18.8 Å². The molecule has 3 aromatic rings. The predicted molar refractivity (Wildman–Crippen MR) is 151 cm³/mol. The summed E-state index contributed by atoms with van der Waals surface area (Å²) in [5.74, 6) is -0.825. The number of hydrogen-bond donors (Lipinski definition) is 2. The van der Waals surface area contributed by atoms with E-state index in [1.165, 1.54) is 47.7 Å². The van der Waals surface area contributed by atoms with Crippen molar-refractivity contribution in [1.82, 2.24) is 20.1 Å². The molecule has 0 radical (unpaired) electrons. The number of thioether (sulfide) groups is 1.